The zero-order valence-electron chi connectivity index (χ0n) is 10.5. The summed E-state index contributed by atoms with van der Waals surface area (Å²) in [6.07, 6.45) is 2.75. The van der Waals surface area contributed by atoms with Crippen molar-refractivity contribution in [2.45, 2.75) is 32.7 Å². The fraction of sp³-hybridized carbons (Fsp3) is 1.00. The molecule has 1 aliphatic rings. The Morgan fingerprint density at radius 1 is 1.33 bits per heavy atom. The van der Waals surface area contributed by atoms with Crippen molar-refractivity contribution in [3.63, 3.8) is 0 Å². The second kappa shape index (κ2) is 7.20. The topological polar surface area (TPSA) is 24.5 Å². The van der Waals surface area contributed by atoms with Crippen LogP contribution < -0.4 is 5.32 Å². The second-order valence-corrected chi connectivity index (χ2v) is 4.29. The molecule has 3 nitrogen and oxygen atoms in total. The summed E-state index contributed by atoms with van der Waals surface area (Å²) in [6.45, 7) is 9.43. The Morgan fingerprint density at radius 2 is 2.13 bits per heavy atom. The minimum atomic E-state index is 0.794. The van der Waals surface area contributed by atoms with Gasteiger partial charge >= 0.3 is 0 Å². The number of hydrogen-bond acceptors (Lipinski definition) is 3. The van der Waals surface area contributed by atoms with Crippen LogP contribution in [0.15, 0.2) is 0 Å². The molecule has 3 heteroatoms. The fourth-order valence-electron chi connectivity index (χ4n) is 2.42. The van der Waals surface area contributed by atoms with Crippen LogP contribution >= 0.6 is 0 Å². The van der Waals surface area contributed by atoms with Crippen LogP contribution in [0.4, 0.5) is 0 Å². The first kappa shape index (κ1) is 12.9. The molecular weight excluding hydrogens is 188 g/mol. The van der Waals surface area contributed by atoms with Gasteiger partial charge in [-0.2, -0.15) is 0 Å². The van der Waals surface area contributed by atoms with E-state index in [0.717, 1.165) is 44.8 Å². The standard InChI is InChI=1S/C12H26N2O/c1-4-14(8-9-15-5-2)12-7-6-11(12)10-13-3/h11-13H,4-10H2,1-3H3. The van der Waals surface area contributed by atoms with Crippen LogP contribution in [0.25, 0.3) is 0 Å². The fourth-order valence-corrected chi connectivity index (χ4v) is 2.42. The van der Waals surface area contributed by atoms with Crippen molar-refractivity contribution in [3.8, 4) is 0 Å². The van der Waals surface area contributed by atoms with Crippen LogP contribution in [0.3, 0.4) is 0 Å². The van der Waals surface area contributed by atoms with Gasteiger partial charge in [0.25, 0.3) is 0 Å². The van der Waals surface area contributed by atoms with Crippen molar-refractivity contribution >= 4 is 0 Å². The van der Waals surface area contributed by atoms with Crippen molar-refractivity contribution in [3.05, 3.63) is 0 Å². The van der Waals surface area contributed by atoms with Gasteiger partial charge in [0, 0.05) is 19.2 Å². The highest BCUT2D eigenvalue weighted by Crippen LogP contribution is 2.31. The highest BCUT2D eigenvalue weighted by Gasteiger charge is 2.33. The average molecular weight is 214 g/mol. The lowest BCUT2D eigenvalue weighted by molar-refractivity contribution is 0.0364. The summed E-state index contributed by atoms with van der Waals surface area (Å²) in [7, 11) is 2.05. The first-order valence-corrected chi connectivity index (χ1v) is 6.29. The molecule has 0 bridgehead atoms. The third-order valence-electron chi connectivity index (χ3n) is 3.45. The predicted octanol–water partition coefficient (Wildman–Crippen LogP) is 1.34. The molecule has 1 fully saturated rings. The van der Waals surface area contributed by atoms with E-state index in [2.05, 4.69) is 24.1 Å². The van der Waals surface area contributed by atoms with E-state index in [0.29, 0.717) is 0 Å². The Hall–Kier alpha value is -0.120. The van der Waals surface area contributed by atoms with Gasteiger partial charge in [-0.05, 0) is 45.8 Å². The van der Waals surface area contributed by atoms with Crippen LogP contribution in [0.5, 0.6) is 0 Å². The second-order valence-electron chi connectivity index (χ2n) is 4.29. The molecule has 1 aliphatic carbocycles. The molecular formula is C12H26N2O. The van der Waals surface area contributed by atoms with Gasteiger partial charge in [0.15, 0.2) is 0 Å². The molecule has 1 rings (SSSR count). The molecule has 0 aromatic carbocycles. The summed E-state index contributed by atoms with van der Waals surface area (Å²) in [6, 6.07) is 0.794. The molecule has 0 aromatic heterocycles. The monoisotopic (exact) mass is 214 g/mol. The summed E-state index contributed by atoms with van der Waals surface area (Å²) >= 11 is 0. The molecule has 0 heterocycles. The molecule has 2 atom stereocenters. The van der Waals surface area contributed by atoms with Crippen molar-refractivity contribution in [2.75, 3.05) is 39.9 Å². The first-order valence-electron chi connectivity index (χ1n) is 6.29. The maximum Gasteiger partial charge on any atom is 0.0593 e. The number of hydrogen-bond donors (Lipinski definition) is 1. The minimum absolute atomic E-state index is 0.794. The van der Waals surface area contributed by atoms with Crippen molar-refractivity contribution < 1.29 is 4.74 Å². The Bertz CT molecular complexity index is 164. The van der Waals surface area contributed by atoms with E-state index in [9.17, 15) is 0 Å². The lowest BCUT2D eigenvalue weighted by atomic mass is 9.78. The lowest BCUT2D eigenvalue weighted by Gasteiger charge is -2.44. The number of likely N-dealkylation sites (N-methyl/N-ethyl adjacent to an activating group) is 1. The van der Waals surface area contributed by atoms with E-state index in [4.69, 9.17) is 4.74 Å². The third-order valence-corrected chi connectivity index (χ3v) is 3.45. The molecule has 2 unspecified atom stereocenters. The zero-order valence-corrected chi connectivity index (χ0v) is 10.5. The summed E-state index contributed by atoms with van der Waals surface area (Å²) in [5.74, 6) is 0.858. The van der Waals surface area contributed by atoms with Crippen LogP contribution in [-0.4, -0.2) is 50.8 Å². The first-order chi connectivity index (χ1) is 7.33. The molecule has 15 heavy (non-hydrogen) atoms. The molecule has 1 saturated carbocycles. The number of nitrogens with one attached hydrogen (secondary N) is 1. The van der Waals surface area contributed by atoms with E-state index >= 15 is 0 Å². The third kappa shape index (κ3) is 3.74. The van der Waals surface area contributed by atoms with Gasteiger partial charge in [-0.3, -0.25) is 4.90 Å². The molecule has 0 amide bonds. The Labute approximate surface area is 94.2 Å². The number of ether oxygens (including phenoxy) is 1. The molecule has 1 N–H and O–H groups in total. The maximum atomic E-state index is 5.42. The molecule has 0 saturated heterocycles. The van der Waals surface area contributed by atoms with Gasteiger partial charge in [0.1, 0.15) is 0 Å². The smallest absolute Gasteiger partial charge is 0.0593 e. The molecule has 0 aromatic rings. The Balaban J connectivity index is 2.24. The van der Waals surface area contributed by atoms with E-state index in [1.165, 1.54) is 12.8 Å². The Morgan fingerprint density at radius 3 is 2.60 bits per heavy atom. The summed E-state index contributed by atoms with van der Waals surface area (Å²) in [5, 5.41) is 3.29. The zero-order chi connectivity index (χ0) is 11.1. The predicted molar refractivity (Wildman–Crippen MR) is 64.2 cm³/mol. The molecule has 0 spiro atoms. The van der Waals surface area contributed by atoms with E-state index < -0.39 is 0 Å². The van der Waals surface area contributed by atoms with Crippen LogP contribution in [0, 0.1) is 5.92 Å². The van der Waals surface area contributed by atoms with Gasteiger partial charge in [0.05, 0.1) is 6.61 Å². The summed E-state index contributed by atoms with van der Waals surface area (Å²) in [5.41, 5.74) is 0. The highest BCUT2D eigenvalue weighted by molar-refractivity contribution is 4.89. The number of rotatable bonds is 8. The number of nitrogens with zero attached hydrogens (tertiary/aromatic N) is 1. The minimum Gasteiger partial charge on any atom is -0.380 e. The molecule has 0 radical (unpaired) electrons. The maximum absolute atomic E-state index is 5.42. The van der Waals surface area contributed by atoms with Gasteiger partial charge in [-0.25, -0.2) is 0 Å². The quantitative estimate of drug-likeness (QED) is 0.617. The normalized spacial score (nSPS) is 25.6. The Kier molecular flexibility index (Phi) is 6.22. The lowest BCUT2D eigenvalue weighted by Crippen LogP contribution is -2.51. The largest absolute Gasteiger partial charge is 0.380 e. The summed E-state index contributed by atoms with van der Waals surface area (Å²) in [4.78, 5) is 2.57. The van der Waals surface area contributed by atoms with Crippen molar-refractivity contribution in [1.82, 2.24) is 10.2 Å². The van der Waals surface area contributed by atoms with Gasteiger partial charge in [-0.1, -0.05) is 6.92 Å². The van der Waals surface area contributed by atoms with Crippen molar-refractivity contribution in [1.29, 1.82) is 0 Å². The molecule has 90 valence electrons. The van der Waals surface area contributed by atoms with E-state index in [-0.39, 0.29) is 0 Å². The SMILES string of the molecule is CCOCCN(CC)C1CCC1CNC. The summed E-state index contributed by atoms with van der Waals surface area (Å²) < 4.78 is 5.42. The van der Waals surface area contributed by atoms with Crippen LogP contribution in [0.1, 0.15) is 26.7 Å². The van der Waals surface area contributed by atoms with E-state index in [1.807, 2.05) is 7.05 Å². The van der Waals surface area contributed by atoms with E-state index in [1.54, 1.807) is 0 Å². The average Bonchev–Trinajstić information content (AvgIpc) is 2.23. The van der Waals surface area contributed by atoms with Gasteiger partial charge in [-0.15, -0.1) is 0 Å². The molecule has 0 aliphatic heterocycles. The van der Waals surface area contributed by atoms with Crippen LogP contribution in [0.2, 0.25) is 0 Å². The van der Waals surface area contributed by atoms with Gasteiger partial charge < -0.3 is 10.1 Å². The van der Waals surface area contributed by atoms with Crippen molar-refractivity contribution in [2.24, 2.45) is 5.92 Å². The van der Waals surface area contributed by atoms with Crippen LogP contribution in [-0.2, 0) is 4.74 Å². The highest BCUT2D eigenvalue weighted by atomic mass is 16.5. The van der Waals surface area contributed by atoms with Gasteiger partial charge in [0.2, 0.25) is 0 Å².